The normalized spacial score (nSPS) is 19.6. The summed E-state index contributed by atoms with van der Waals surface area (Å²) in [6, 6.07) is 15.4. The average molecular weight is 419 g/mol. The molecule has 0 unspecified atom stereocenters. The van der Waals surface area contributed by atoms with Crippen molar-refractivity contribution in [2.75, 3.05) is 40.0 Å². The lowest BCUT2D eigenvalue weighted by Crippen LogP contribution is -2.43. The maximum absolute atomic E-state index is 13.3. The number of benzene rings is 2. The van der Waals surface area contributed by atoms with Gasteiger partial charge in [0.05, 0.1) is 43.6 Å². The molecule has 8 nitrogen and oxygen atoms in total. The highest BCUT2D eigenvalue weighted by molar-refractivity contribution is 6.03. The van der Waals surface area contributed by atoms with Crippen LogP contribution in [0.1, 0.15) is 23.9 Å². The molecular formula is C23H25N5O3. The molecule has 0 saturated carbocycles. The summed E-state index contributed by atoms with van der Waals surface area (Å²) < 4.78 is 10.8. The molecule has 2 aromatic carbocycles. The standard InChI is InChI=1S/C23H25N5O3/c1-30-17-6-4-5-16(13-17)20-14-21(23-24-18-7-2-3-8-19(18)25-23)28(26-20)22(29)15-27-9-11-31-12-10-27/h2-8,13,21H,9-12,14-15H2,1H3,(H,24,25)/t21-/m0/s1. The third-order valence-corrected chi connectivity index (χ3v) is 5.75. The maximum Gasteiger partial charge on any atom is 0.257 e. The van der Waals surface area contributed by atoms with Gasteiger partial charge in [-0.05, 0) is 24.3 Å². The molecule has 31 heavy (non-hydrogen) atoms. The van der Waals surface area contributed by atoms with E-state index in [9.17, 15) is 4.79 Å². The summed E-state index contributed by atoms with van der Waals surface area (Å²) in [5.41, 5.74) is 3.63. The number of hydrogen-bond donors (Lipinski definition) is 1. The number of morpholine rings is 1. The van der Waals surface area contributed by atoms with Gasteiger partial charge in [-0.15, -0.1) is 0 Å². The lowest BCUT2D eigenvalue weighted by atomic mass is 10.0. The molecule has 160 valence electrons. The molecule has 8 heteroatoms. The van der Waals surface area contributed by atoms with Crippen LogP contribution in [-0.4, -0.2) is 71.5 Å². The van der Waals surface area contributed by atoms with Gasteiger partial charge < -0.3 is 14.5 Å². The zero-order valence-corrected chi connectivity index (χ0v) is 17.5. The molecule has 2 aliphatic heterocycles. The lowest BCUT2D eigenvalue weighted by Gasteiger charge is -2.28. The number of H-pyrrole nitrogens is 1. The van der Waals surface area contributed by atoms with Crippen molar-refractivity contribution < 1.29 is 14.3 Å². The van der Waals surface area contributed by atoms with Gasteiger partial charge >= 0.3 is 0 Å². The van der Waals surface area contributed by atoms with Crippen molar-refractivity contribution in [1.82, 2.24) is 19.9 Å². The van der Waals surface area contributed by atoms with Gasteiger partial charge in [0.2, 0.25) is 0 Å². The van der Waals surface area contributed by atoms with Crippen LogP contribution >= 0.6 is 0 Å². The Kier molecular flexibility index (Phi) is 5.40. The second-order valence-electron chi connectivity index (χ2n) is 7.76. The number of nitrogens with one attached hydrogen (secondary N) is 1. The fourth-order valence-corrected chi connectivity index (χ4v) is 4.08. The molecule has 0 spiro atoms. The number of aromatic amines is 1. The van der Waals surface area contributed by atoms with Crippen molar-refractivity contribution in [3.63, 3.8) is 0 Å². The SMILES string of the molecule is COc1cccc(C2=NN(C(=O)CN3CCOCC3)[C@H](c3nc4ccccc4[nH]3)C2)c1. The monoisotopic (exact) mass is 419 g/mol. The Balaban J connectivity index is 1.46. The summed E-state index contributed by atoms with van der Waals surface area (Å²) in [4.78, 5) is 23.5. The number of fused-ring (bicyclic) bond motifs is 1. The smallest absolute Gasteiger partial charge is 0.257 e. The van der Waals surface area contributed by atoms with Crippen LogP contribution in [0.15, 0.2) is 53.6 Å². The number of hydrogen-bond acceptors (Lipinski definition) is 6. The zero-order valence-electron chi connectivity index (χ0n) is 17.5. The minimum atomic E-state index is -0.276. The molecule has 0 bridgehead atoms. The first-order valence-electron chi connectivity index (χ1n) is 10.5. The number of ether oxygens (including phenoxy) is 2. The van der Waals surface area contributed by atoms with E-state index in [2.05, 4.69) is 9.88 Å². The van der Waals surface area contributed by atoms with Crippen LogP contribution in [0.25, 0.3) is 11.0 Å². The molecule has 1 atom stereocenters. The predicted molar refractivity (Wildman–Crippen MR) is 117 cm³/mol. The molecule has 1 fully saturated rings. The lowest BCUT2D eigenvalue weighted by molar-refractivity contribution is -0.135. The highest BCUT2D eigenvalue weighted by Gasteiger charge is 2.36. The van der Waals surface area contributed by atoms with Crippen LogP contribution in [0.2, 0.25) is 0 Å². The van der Waals surface area contributed by atoms with Crippen molar-refractivity contribution in [2.45, 2.75) is 12.5 Å². The summed E-state index contributed by atoms with van der Waals surface area (Å²) in [5.74, 6) is 1.47. The van der Waals surface area contributed by atoms with Crippen LogP contribution in [0.3, 0.4) is 0 Å². The van der Waals surface area contributed by atoms with Gasteiger partial charge in [-0.2, -0.15) is 5.10 Å². The first-order valence-corrected chi connectivity index (χ1v) is 10.5. The third kappa shape index (κ3) is 4.04. The van der Waals surface area contributed by atoms with Crippen molar-refractivity contribution in [3.8, 4) is 5.75 Å². The Bertz CT molecular complexity index is 1090. The van der Waals surface area contributed by atoms with Gasteiger partial charge in [0.1, 0.15) is 17.6 Å². The number of carbonyl (C=O) groups excluding carboxylic acids is 1. The van der Waals surface area contributed by atoms with Gasteiger partial charge in [-0.25, -0.2) is 9.99 Å². The van der Waals surface area contributed by atoms with Crippen LogP contribution < -0.4 is 4.74 Å². The average Bonchev–Trinajstić information content (AvgIpc) is 3.44. The van der Waals surface area contributed by atoms with Crippen LogP contribution in [0, 0.1) is 0 Å². The maximum atomic E-state index is 13.3. The minimum Gasteiger partial charge on any atom is -0.497 e. The Labute approximate surface area is 180 Å². The summed E-state index contributed by atoms with van der Waals surface area (Å²) in [5, 5.41) is 6.35. The minimum absolute atomic E-state index is 0.0368. The van der Waals surface area contributed by atoms with Crippen LogP contribution in [-0.2, 0) is 9.53 Å². The molecule has 1 amide bonds. The Morgan fingerprint density at radius 3 is 2.84 bits per heavy atom. The quantitative estimate of drug-likeness (QED) is 0.687. The van der Waals surface area contributed by atoms with Crippen molar-refractivity contribution in [3.05, 3.63) is 59.9 Å². The topological polar surface area (TPSA) is 83.1 Å². The molecule has 1 N–H and O–H groups in total. The number of amides is 1. The van der Waals surface area contributed by atoms with Crippen LogP contribution in [0.5, 0.6) is 5.75 Å². The molecule has 3 heterocycles. The van der Waals surface area contributed by atoms with Crippen LogP contribution in [0.4, 0.5) is 0 Å². The summed E-state index contributed by atoms with van der Waals surface area (Å²) >= 11 is 0. The van der Waals surface area contributed by atoms with E-state index in [0.717, 1.165) is 47.0 Å². The van der Waals surface area contributed by atoms with E-state index in [4.69, 9.17) is 19.6 Å². The van der Waals surface area contributed by atoms with Crippen molar-refractivity contribution >= 4 is 22.7 Å². The Morgan fingerprint density at radius 1 is 1.19 bits per heavy atom. The van der Waals surface area contributed by atoms with E-state index in [-0.39, 0.29) is 11.9 Å². The number of imidazole rings is 1. The van der Waals surface area contributed by atoms with Gasteiger partial charge in [0.25, 0.3) is 5.91 Å². The number of nitrogens with zero attached hydrogens (tertiary/aromatic N) is 4. The molecule has 1 aromatic heterocycles. The first-order chi connectivity index (χ1) is 15.2. The fourth-order valence-electron chi connectivity index (χ4n) is 4.08. The molecular weight excluding hydrogens is 394 g/mol. The third-order valence-electron chi connectivity index (χ3n) is 5.75. The highest BCUT2D eigenvalue weighted by atomic mass is 16.5. The number of hydrazone groups is 1. The van der Waals surface area contributed by atoms with Crippen molar-refractivity contribution in [1.29, 1.82) is 0 Å². The van der Waals surface area contributed by atoms with Gasteiger partial charge in [-0.1, -0.05) is 24.3 Å². The zero-order chi connectivity index (χ0) is 21.2. The number of carbonyl (C=O) groups is 1. The van der Waals surface area contributed by atoms with Gasteiger partial charge in [-0.3, -0.25) is 9.69 Å². The summed E-state index contributed by atoms with van der Waals surface area (Å²) in [6.45, 7) is 3.12. The van der Waals surface area contributed by atoms with E-state index in [1.54, 1.807) is 12.1 Å². The molecule has 5 rings (SSSR count). The Hall–Kier alpha value is -3.23. The highest BCUT2D eigenvalue weighted by Crippen LogP contribution is 2.33. The Morgan fingerprint density at radius 2 is 2.03 bits per heavy atom. The number of aromatic nitrogens is 2. The number of rotatable bonds is 5. The second kappa shape index (κ2) is 8.49. The first kappa shape index (κ1) is 19.7. The largest absolute Gasteiger partial charge is 0.497 e. The summed E-state index contributed by atoms with van der Waals surface area (Å²) in [7, 11) is 1.64. The molecule has 0 radical (unpaired) electrons. The molecule has 1 saturated heterocycles. The van der Waals surface area contributed by atoms with Gasteiger partial charge in [0, 0.05) is 25.1 Å². The molecule has 0 aliphatic carbocycles. The molecule has 2 aliphatic rings. The van der Waals surface area contributed by atoms with E-state index in [0.29, 0.717) is 26.2 Å². The molecule has 3 aromatic rings. The number of para-hydroxylation sites is 2. The summed E-state index contributed by atoms with van der Waals surface area (Å²) in [6.07, 6.45) is 0.585. The van der Waals surface area contributed by atoms with E-state index in [1.165, 1.54) is 0 Å². The number of methoxy groups -OCH3 is 1. The fraction of sp³-hybridized carbons (Fsp3) is 0.348. The van der Waals surface area contributed by atoms with Gasteiger partial charge in [0.15, 0.2) is 0 Å². The van der Waals surface area contributed by atoms with E-state index < -0.39 is 0 Å². The van der Waals surface area contributed by atoms with Crippen molar-refractivity contribution in [2.24, 2.45) is 5.10 Å². The van der Waals surface area contributed by atoms with E-state index >= 15 is 0 Å². The second-order valence-corrected chi connectivity index (χ2v) is 7.76. The predicted octanol–water partition coefficient (Wildman–Crippen LogP) is 2.58. The van der Waals surface area contributed by atoms with E-state index in [1.807, 2.05) is 48.5 Å².